The van der Waals surface area contributed by atoms with Crippen LogP contribution < -0.4 is 14.8 Å². The van der Waals surface area contributed by atoms with Gasteiger partial charge in [0.15, 0.2) is 16.4 Å². The molecule has 1 N–H and O–H groups in total. The summed E-state index contributed by atoms with van der Waals surface area (Å²) in [5.74, 6) is -0.793. The number of rotatable bonds is 12. The molecule has 0 atom stereocenters. The molecule has 0 aliphatic heterocycles. The molecule has 1 aromatic heterocycles. The average molecular weight is 488 g/mol. The summed E-state index contributed by atoms with van der Waals surface area (Å²) in [6.45, 7) is 2.34. The Morgan fingerprint density at radius 2 is 1.62 bits per heavy atom. The predicted molar refractivity (Wildman–Crippen MR) is 122 cm³/mol. The Bertz CT molecular complexity index is 1190. The quantitative estimate of drug-likeness (QED) is 0.306. The number of sulfone groups is 1. The first kappa shape index (κ1) is 24.8. The summed E-state index contributed by atoms with van der Waals surface area (Å²) in [4.78, 5) is 24.4. The van der Waals surface area contributed by atoms with Crippen molar-refractivity contribution in [1.29, 1.82) is 0 Å². The van der Waals surface area contributed by atoms with E-state index >= 15 is 0 Å². The summed E-state index contributed by atoms with van der Waals surface area (Å²) in [7, 11) is -3.68. The van der Waals surface area contributed by atoms with Crippen LogP contribution >= 0.6 is 0 Å². The van der Waals surface area contributed by atoms with Crippen molar-refractivity contribution in [1.82, 2.24) is 5.32 Å². The second kappa shape index (κ2) is 11.9. The number of amides is 1. The van der Waals surface area contributed by atoms with Gasteiger partial charge >= 0.3 is 5.97 Å². The molecule has 0 radical (unpaired) electrons. The van der Waals surface area contributed by atoms with Crippen LogP contribution in [0.25, 0.3) is 0 Å². The minimum absolute atomic E-state index is 0.127. The lowest BCUT2D eigenvalue weighted by atomic mass is 10.3. The number of hydrogen-bond acceptors (Lipinski definition) is 8. The van der Waals surface area contributed by atoms with Gasteiger partial charge in [0, 0.05) is 5.56 Å². The van der Waals surface area contributed by atoms with Crippen molar-refractivity contribution < 1.29 is 36.6 Å². The normalized spacial score (nSPS) is 11.0. The van der Waals surface area contributed by atoms with Crippen molar-refractivity contribution in [2.24, 2.45) is 0 Å². The van der Waals surface area contributed by atoms with Crippen LogP contribution in [0.2, 0.25) is 0 Å². The van der Waals surface area contributed by atoms with Crippen molar-refractivity contribution in [3.05, 3.63) is 78.3 Å². The summed E-state index contributed by atoms with van der Waals surface area (Å²) in [5, 5.41) is 2.57. The number of ether oxygens (including phenoxy) is 3. The molecule has 3 rings (SSSR count). The van der Waals surface area contributed by atoms with Crippen molar-refractivity contribution in [2.45, 2.75) is 17.6 Å². The molecule has 10 heteroatoms. The highest BCUT2D eigenvalue weighted by atomic mass is 32.2. The molecule has 0 spiro atoms. The fraction of sp³-hybridized carbons (Fsp3) is 0.250. The molecule has 0 saturated carbocycles. The van der Waals surface area contributed by atoms with Crippen LogP contribution in [0, 0.1) is 0 Å². The van der Waals surface area contributed by atoms with E-state index in [2.05, 4.69) is 5.32 Å². The molecular formula is C24H25NO8S. The largest absolute Gasteiger partial charge is 0.494 e. The van der Waals surface area contributed by atoms with Gasteiger partial charge in [0.2, 0.25) is 5.76 Å². The molecule has 0 bridgehead atoms. The van der Waals surface area contributed by atoms with Crippen LogP contribution in [0.4, 0.5) is 0 Å². The molecule has 0 unspecified atom stereocenters. The van der Waals surface area contributed by atoms with Gasteiger partial charge in [-0.15, -0.1) is 0 Å². The Morgan fingerprint density at radius 3 is 2.29 bits per heavy atom. The van der Waals surface area contributed by atoms with Crippen molar-refractivity contribution in [3.8, 4) is 11.5 Å². The molecule has 0 saturated heterocycles. The SMILES string of the molecule is CCOc1ccc(OCCNC(=O)COC(=O)c2occc2CS(=O)(=O)c2ccccc2)cc1. The molecular weight excluding hydrogens is 462 g/mol. The molecule has 1 heterocycles. The minimum Gasteiger partial charge on any atom is -0.494 e. The first-order valence-corrected chi connectivity index (χ1v) is 12.2. The Labute approximate surface area is 197 Å². The summed E-state index contributed by atoms with van der Waals surface area (Å²) in [6.07, 6.45) is 1.20. The molecule has 2 aromatic carbocycles. The van der Waals surface area contributed by atoms with Crippen LogP contribution in [0.1, 0.15) is 23.0 Å². The standard InChI is InChI=1S/C24H25NO8S/c1-2-30-19-8-10-20(11-9-19)31-15-13-25-22(26)16-33-24(27)23-18(12-14-32-23)17-34(28,29)21-6-4-3-5-7-21/h3-12,14H,2,13,15-17H2,1H3,(H,25,26). The monoisotopic (exact) mass is 487 g/mol. The van der Waals surface area contributed by atoms with E-state index in [-0.39, 0.29) is 29.4 Å². The molecule has 34 heavy (non-hydrogen) atoms. The maximum atomic E-state index is 12.6. The molecule has 180 valence electrons. The molecule has 1 amide bonds. The number of carbonyl (C=O) groups is 2. The van der Waals surface area contributed by atoms with E-state index in [9.17, 15) is 18.0 Å². The number of carbonyl (C=O) groups excluding carboxylic acids is 2. The van der Waals surface area contributed by atoms with Crippen LogP contribution in [0.3, 0.4) is 0 Å². The van der Waals surface area contributed by atoms with E-state index in [4.69, 9.17) is 18.6 Å². The smallest absolute Gasteiger partial charge is 0.375 e. The second-order valence-corrected chi connectivity index (χ2v) is 9.02. The van der Waals surface area contributed by atoms with E-state index < -0.39 is 34.1 Å². The zero-order valence-corrected chi connectivity index (χ0v) is 19.4. The molecule has 0 fully saturated rings. The van der Waals surface area contributed by atoms with Gasteiger partial charge in [-0.2, -0.15) is 0 Å². The van der Waals surface area contributed by atoms with Crippen molar-refractivity contribution in [2.75, 3.05) is 26.4 Å². The van der Waals surface area contributed by atoms with Crippen molar-refractivity contribution in [3.63, 3.8) is 0 Å². The fourth-order valence-corrected chi connectivity index (χ4v) is 4.33. The summed E-state index contributed by atoms with van der Waals surface area (Å²) < 4.78 is 46.1. The predicted octanol–water partition coefficient (Wildman–Crippen LogP) is 3.00. The van der Waals surface area contributed by atoms with Gasteiger partial charge in [-0.1, -0.05) is 18.2 Å². The van der Waals surface area contributed by atoms with Crippen LogP contribution in [-0.2, 0) is 25.1 Å². The topological polar surface area (TPSA) is 121 Å². The summed E-state index contributed by atoms with van der Waals surface area (Å²) >= 11 is 0. The zero-order chi connectivity index (χ0) is 24.4. The Kier molecular flexibility index (Phi) is 8.69. The van der Waals surface area contributed by atoms with Gasteiger partial charge in [0.05, 0.1) is 30.1 Å². The molecule has 9 nitrogen and oxygen atoms in total. The third kappa shape index (κ3) is 7.11. The van der Waals surface area contributed by atoms with E-state index in [1.807, 2.05) is 6.92 Å². The highest BCUT2D eigenvalue weighted by molar-refractivity contribution is 7.90. The van der Waals surface area contributed by atoms with E-state index in [0.29, 0.717) is 12.4 Å². The maximum Gasteiger partial charge on any atom is 0.375 e. The number of nitrogens with one attached hydrogen (secondary N) is 1. The zero-order valence-electron chi connectivity index (χ0n) is 18.6. The van der Waals surface area contributed by atoms with Gasteiger partial charge in [-0.3, -0.25) is 4.79 Å². The highest BCUT2D eigenvalue weighted by Crippen LogP contribution is 2.20. The molecule has 3 aromatic rings. The lowest BCUT2D eigenvalue weighted by Crippen LogP contribution is -2.32. The number of furan rings is 1. The summed E-state index contributed by atoms with van der Waals surface area (Å²) in [5.41, 5.74) is 0.151. The number of benzene rings is 2. The van der Waals surface area contributed by atoms with E-state index in [1.165, 1.54) is 24.5 Å². The van der Waals surface area contributed by atoms with Gasteiger partial charge in [0.1, 0.15) is 18.1 Å². The molecule has 0 aliphatic rings. The average Bonchev–Trinajstić information content (AvgIpc) is 3.29. The Morgan fingerprint density at radius 1 is 0.941 bits per heavy atom. The number of hydrogen-bond donors (Lipinski definition) is 1. The fourth-order valence-electron chi connectivity index (χ4n) is 2.95. The first-order chi connectivity index (χ1) is 16.4. The lowest BCUT2D eigenvalue weighted by Gasteiger charge is -2.09. The van der Waals surface area contributed by atoms with Crippen molar-refractivity contribution >= 4 is 21.7 Å². The Hall–Kier alpha value is -3.79. The van der Waals surface area contributed by atoms with Gasteiger partial charge in [-0.05, 0) is 49.4 Å². The second-order valence-electron chi connectivity index (χ2n) is 7.03. The van der Waals surface area contributed by atoms with Crippen LogP contribution in [0.15, 0.2) is 76.2 Å². The minimum atomic E-state index is -3.68. The van der Waals surface area contributed by atoms with Crippen LogP contribution in [0.5, 0.6) is 11.5 Å². The van der Waals surface area contributed by atoms with E-state index in [0.717, 1.165) is 5.75 Å². The highest BCUT2D eigenvalue weighted by Gasteiger charge is 2.23. The van der Waals surface area contributed by atoms with Gasteiger partial charge in [-0.25, -0.2) is 13.2 Å². The van der Waals surface area contributed by atoms with E-state index in [1.54, 1.807) is 42.5 Å². The summed E-state index contributed by atoms with van der Waals surface area (Å²) in [6, 6.07) is 16.3. The number of esters is 1. The Balaban J connectivity index is 1.42. The van der Waals surface area contributed by atoms with Gasteiger partial charge in [0.25, 0.3) is 5.91 Å². The third-order valence-corrected chi connectivity index (χ3v) is 6.22. The van der Waals surface area contributed by atoms with Crippen LogP contribution in [-0.4, -0.2) is 46.7 Å². The third-order valence-electron chi connectivity index (χ3n) is 4.54. The molecule has 0 aliphatic carbocycles. The maximum absolute atomic E-state index is 12.6. The van der Waals surface area contributed by atoms with Gasteiger partial charge < -0.3 is 23.9 Å². The first-order valence-electron chi connectivity index (χ1n) is 10.5. The lowest BCUT2D eigenvalue weighted by molar-refractivity contribution is -0.124.